The molecule has 4 heteroatoms. The molecule has 5 saturated carbocycles. The molecule has 0 saturated heterocycles. The zero-order valence-electron chi connectivity index (χ0n) is 28.7. The van der Waals surface area contributed by atoms with Crippen molar-refractivity contribution >= 4 is 80.5 Å². The second kappa shape index (κ2) is 10.9. The summed E-state index contributed by atoms with van der Waals surface area (Å²) in [5, 5.41) is 2.91. The zero-order chi connectivity index (χ0) is 32.6. The fourth-order valence-electron chi connectivity index (χ4n) is 12.3. The standard InChI is InChI=1S/C46H42BNSSe/c1-2-7-31(8-3-1)32-13-16-35-36-23-33(46-25-28-19-29(26-46)21-30(20-28)27-46)14-17-39(36)48(40(35)22-32)34-15-18-41-38(24-34)47-37-9-4-5-11-43(37)50-44-12-6-10-42(49-41)45(44)47/h4-6,9-18,22-24,28-31H,1-3,7-8,19-21,25-27H2. The third-order valence-corrected chi connectivity index (χ3v) is 17.7. The van der Waals surface area contributed by atoms with Crippen LogP contribution in [0.5, 0.6) is 0 Å². The Labute approximate surface area is 306 Å². The van der Waals surface area contributed by atoms with E-state index in [1.54, 1.807) is 25.5 Å². The Kier molecular flexibility index (Phi) is 6.43. The number of fused-ring (bicyclic) bond motifs is 7. The van der Waals surface area contributed by atoms with Gasteiger partial charge in [-0.1, -0.05) is 19.3 Å². The fourth-order valence-corrected chi connectivity index (χ4v) is 16.1. The molecule has 3 heterocycles. The molecule has 1 nitrogen and oxygen atoms in total. The minimum absolute atomic E-state index is 0.304. The first kappa shape index (κ1) is 29.4. The van der Waals surface area contributed by atoms with Crippen LogP contribution in [0.3, 0.4) is 0 Å². The Hall–Kier alpha value is -3.17. The van der Waals surface area contributed by atoms with Crippen molar-refractivity contribution in [2.45, 2.75) is 91.8 Å². The van der Waals surface area contributed by atoms with Gasteiger partial charge in [-0.3, -0.25) is 0 Å². The molecule has 1 aromatic heterocycles. The van der Waals surface area contributed by atoms with Gasteiger partial charge in [0.05, 0.1) is 0 Å². The van der Waals surface area contributed by atoms with Gasteiger partial charge in [0.1, 0.15) is 0 Å². The van der Waals surface area contributed by atoms with Crippen LogP contribution in [0.1, 0.15) is 87.7 Å². The molecule has 5 aromatic carbocycles. The van der Waals surface area contributed by atoms with Crippen molar-refractivity contribution < 1.29 is 0 Å². The first-order chi connectivity index (χ1) is 24.7. The predicted octanol–water partition coefficient (Wildman–Crippen LogP) is 8.25. The Balaban J connectivity index is 1.06. The van der Waals surface area contributed by atoms with E-state index in [9.17, 15) is 0 Å². The molecule has 0 amide bonds. The molecule has 0 spiro atoms. The molecular formula is C46H42BNSSe. The molecule has 13 rings (SSSR count). The molecule has 2 aliphatic heterocycles. The summed E-state index contributed by atoms with van der Waals surface area (Å²) in [6.45, 7) is 0.304. The maximum absolute atomic E-state index is 2.68. The Morgan fingerprint density at radius 1 is 0.640 bits per heavy atom. The van der Waals surface area contributed by atoms with Crippen molar-refractivity contribution in [3.8, 4) is 5.69 Å². The van der Waals surface area contributed by atoms with Crippen LogP contribution in [0.4, 0.5) is 0 Å². The van der Waals surface area contributed by atoms with Crippen molar-refractivity contribution in [3.05, 3.63) is 108 Å². The van der Waals surface area contributed by atoms with Gasteiger partial charge in [0, 0.05) is 0 Å². The molecule has 6 aromatic rings. The van der Waals surface area contributed by atoms with Gasteiger partial charge < -0.3 is 0 Å². The average molecular weight is 731 g/mol. The van der Waals surface area contributed by atoms with Crippen LogP contribution in [-0.2, 0) is 5.41 Å². The Morgan fingerprint density at radius 2 is 1.44 bits per heavy atom. The van der Waals surface area contributed by atoms with E-state index in [1.807, 2.05) is 11.8 Å². The van der Waals surface area contributed by atoms with E-state index in [0.717, 1.165) is 17.8 Å². The number of benzene rings is 5. The third kappa shape index (κ3) is 4.28. The molecule has 246 valence electrons. The van der Waals surface area contributed by atoms with Crippen molar-refractivity contribution in [2.75, 3.05) is 0 Å². The number of hydrogen-bond donors (Lipinski definition) is 0. The van der Waals surface area contributed by atoms with Gasteiger partial charge in [0.2, 0.25) is 0 Å². The summed E-state index contributed by atoms with van der Waals surface area (Å²) in [5.41, 5.74) is 12.3. The van der Waals surface area contributed by atoms with Crippen LogP contribution in [0.15, 0.2) is 107 Å². The molecule has 5 aliphatic carbocycles. The predicted molar refractivity (Wildman–Crippen MR) is 213 cm³/mol. The molecule has 4 bridgehead atoms. The molecule has 0 unspecified atom stereocenters. The van der Waals surface area contributed by atoms with Gasteiger partial charge in [-0.15, -0.1) is 0 Å². The SMILES string of the molecule is c1ccc2c(c1)[Se]c1cccc3c1B2c1cc(-n2c4ccc(C56CC7CC(CC(C7)C5)C6)cc4c4ccc(C5CCCCC5)cc42)ccc1S3. The Bertz CT molecular complexity index is 2330. The van der Waals surface area contributed by atoms with Gasteiger partial charge in [0.25, 0.3) is 0 Å². The summed E-state index contributed by atoms with van der Waals surface area (Å²) >= 11 is 2.34. The van der Waals surface area contributed by atoms with E-state index >= 15 is 0 Å². The van der Waals surface area contributed by atoms with Crippen LogP contribution in [0.25, 0.3) is 27.5 Å². The molecule has 5 fully saturated rings. The van der Waals surface area contributed by atoms with E-state index in [2.05, 4.69) is 102 Å². The zero-order valence-corrected chi connectivity index (χ0v) is 31.2. The van der Waals surface area contributed by atoms with E-state index in [-0.39, 0.29) is 0 Å². The molecule has 0 N–H and O–H groups in total. The monoisotopic (exact) mass is 731 g/mol. The van der Waals surface area contributed by atoms with Crippen LogP contribution < -0.4 is 25.3 Å². The third-order valence-electron chi connectivity index (χ3n) is 14.1. The molecule has 0 atom stereocenters. The summed E-state index contributed by atoms with van der Waals surface area (Å²) in [5.74, 6) is 3.57. The van der Waals surface area contributed by atoms with E-state index in [4.69, 9.17) is 0 Å². The van der Waals surface area contributed by atoms with Gasteiger partial charge in [-0.05, 0) is 56.3 Å². The van der Waals surface area contributed by atoms with Gasteiger partial charge in [0.15, 0.2) is 0 Å². The van der Waals surface area contributed by atoms with E-state index < -0.39 is 0 Å². The van der Waals surface area contributed by atoms with E-state index in [1.165, 1.54) is 119 Å². The fraction of sp³-hybridized carbons (Fsp3) is 0.348. The van der Waals surface area contributed by atoms with Crippen molar-refractivity contribution in [2.24, 2.45) is 17.8 Å². The summed E-state index contributed by atoms with van der Waals surface area (Å²) in [4.78, 5) is 2.87. The van der Waals surface area contributed by atoms with Crippen molar-refractivity contribution in [3.63, 3.8) is 0 Å². The molecular weight excluding hydrogens is 688 g/mol. The topological polar surface area (TPSA) is 4.93 Å². The van der Waals surface area contributed by atoms with Crippen LogP contribution in [-0.4, -0.2) is 26.2 Å². The normalized spacial score (nSPS) is 26.3. The summed E-state index contributed by atoms with van der Waals surface area (Å²) in [7, 11) is 0. The quantitative estimate of drug-likeness (QED) is 0.166. The number of nitrogens with zero attached hydrogens (tertiary/aromatic N) is 1. The number of aromatic nitrogens is 1. The van der Waals surface area contributed by atoms with Crippen LogP contribution in [0, 0.1) is 17.8 Å². The molecule has 50 heavy (non-hydrogen) atoms. The van der Waals surface area contributed by atoms with Crippen molar-refractivity contribution in [1.29, 1.82) is 0 Å². The first-order valence-corrected chi connectivity index (χ1v) is 22.0. The van der Waals surface area contributed by atoms with Crippen molar-refractivity contribution in [1.82, 2.24) is 4.57 Å². The summed E-state index contributed by atoms with van der Waals surface area (Å²) < 4.78 is 5.77. The van der Waals surface area contributed by atoms with E-state index in [0.29, 0.717) is 33.0 Å². The van der Waals surface area contributed by atoms with Crippen LogP contribution in [0.2, 0.25) is 0 Å². The maximum atomic E-state index is 2.68. The Morgan fingerprint density at radius 3 is 2.28 bits per heavy atom. The van der Waals surface area contributed by atoms with Gasteiger partial charge in [-0.2, -0.15) is 0 Å². The minimum atomic E-state index is 0.304. The molecule has 7 aliphatic rings. The van der Waals surface area contributed by atoms with Crippen LogP contribution >= 0.6 is 11.8 Å². The first-order valence-electron chi connectivity index (χ1n) is 19.5. The number of hydrogen-bond acceptors (Lipinski definition) is 1. The number of rotatable bonds is 3. The summed E-state index contributed by atoms with van der Waals surface area (Å²) in [6, 6.07) is 39.2. The molecule has 0 radical (unpaired) electrons. The average Bonchev–Trinajstić information content (AvgIpc) is 3.47. The second-order valence-corrected chi connectivity index (χ2v) is 20.3. The second-order valence-electron chi connectivity index (χ2n) is 16.9. The van der Waals surface area contributed by atoms with Gasteiger partial charge >= 0.3 is 233 Å². The summed E-state index contributed by atoms with van der Waals surface area (Å²) in [6.07, 6.45) is 15.6. The van der Waals surface area contributed by atoms with Gasteiger partial charge in [-0.25, -0.2) is 0 Å².